The van der Waals surface area contributed by atoms with E-state index in [0.717, 1.165) is 5.75 Å². The molecule has 2 rings (SSSR count). The average molecular weight is 230 g/mol. The Labute approximate surface area is 94.3 Å². The summed E-state index contributed by atoms with van der Waals surface area (Å²) in [6, 6.07) is 0. The van der Waals surface area contributed by atoms with Gasteiger partial charge in [-0.3, -0.25) is 4.79 Å². The highest BCUT2D eigenvalue weighted by Gasteiger charge is 2.66. The van der Waals surface area contributed by atoms with Crippen molar-refractivity contribution in [3.63, 3.8) is 0 Å². The highest BCUT2D eigenvalue weighted by Crippen LogP contribution is 2.62. The molecule has 0 spiro atoms. The number of carboxylic acid groups (broad SMARTS) is 1. The molecule has 0 aromatic heterocycles. The second-order valence-corrected chi connectivity index (χ2v) is 6.84. The van der Waals surface area contributed by atoms with Gasteiger partial charge in [0.25, 0.3) is 0 Å². The quantitative estimate of drug-likeness (QED) is 0.758. The molecule has 4 heteroatoms. The van der Waals surface area contributed by atoms with Gasteiger partial charge in [0.05, 0.1) is 11.0 Å². The van der Waals surface area contributed by atoms with Crippen LogP contribution in [0.4, 0.5) is 0 Å². The Morgan fingerprint density at radius 3 is 2.27 bits per heavy atom. The molecule has 2 fully saturated rings. The van der Waals surface area contributed by atoms with Gasteiger partial charge in [-0.05, 0) is 30.4 Å². The molecule has 1 saturated carbocycles. The van der Waals surface area contributed by atoms with E-state index in [9.17, 15) is 15.0 Å². The smallest absolute Gasteiger partial charge is 0.312 e. The monoisotopic (exact) mass is 230 g/mol. The summed E-state index contributed by atoms with van der Waals surface area (Å²) in [5.41, 5.74) is -1.78. The van der Waals surface area contributed by atoms with Crippen molar-refractivity contribution in [2.75, 3.05) is 11.5 Å². The predicted molar refractivity (Wildman–Crippen MR) is 60.0 cm³/mol. The number of thioether (sulfide) groups is 1. The van der Waals surface area contributed by atoms with Crippen LogP contribution in [-0.2, 0) is 4.79 Å². The molecule has 1 heterocycles. The second kappa shape index (κ2) is 3.14. The fraction of sp³-hybridized carbons (Fsp3) is 0.909. The van der Waals surface area contributed by atoms with E-state index in [-0.39, 0.29) is 5.41 Å². The lowest BCUT2D eigenvalue weighted by atomic mass is 9.48. The zero-order chi connectivity index (χ0) is 11.3. The molecule has 3 nitrogen and oxygen atoms in total. The molecule has 1 aliphatic heterocycles. The Morgan fingerprint density at radius 2 is 1.93 bits per heavy atom. The first-order valence-electron chi connectivity index (χ1n) is 5.35. The maximum absolute atomic E-state index is 11.4. The Kier molecular flexibility index (Phi) is 2.36. The SMILES string of the molecule is CC1(C)CC(C(=O)O)(C2(O)CCSC2)C1. The van der Waals surface area contributed by atoms with E-state index in [1.54, 1.807) is 11.8 Å². The standard InChI is InChI=1S/C11H18O3S/c1-9(2)5-10(6-9,8(12)13)11(14)3-4-15-7-11/h14H,3-7H2,1-2H3,(H,12,13). The maximum atomic E-state index is 11.4. The second-order valence-electron chi connectivity index (χ2n) is 5.74. The lowest BCUT2D eigenvalue weighted by Crippen LogP contribution is -2.63. The van der Waals surface area contributed by atoms with Gasteiger partial charge in [0.2, 0.25) is 0 Å². The summed E-state index contributed by atoms with van der Waals surface area (Å²) in [4.78, 5) is 11.4. The number of rotatable bonds is 2. The van der Waals surface area contributed by atoms with E-state index in [4.69, 9.17) is 0 Å². The fourth-order valence-corrected chi connectivity index (χ4v) is 4.58. The fourth-order valence-electron chi connectivity index (χ4n) is 3.19. The number of hydrogen-bond acceptors (Lipinski definition) is 3. The molecule has 15 heavy (non-hydrogen) atoms. The van der Waals surface area contributed by atoms with Crippen molar-refractivity contribution in [1.29, 1.82) is 0 Å². The summed E-state index contributed by atoms with van der Waals surface area (Å²) in [5.74, 6) is 0.647. The van der Waals surface area contributed by atoms with E-state index < -0.39 is 17.0 Å². The molecule has 0 bridgehead atoms. The maximum Gasteiger partial charge on any atom is 0.312 e. The van der Waals surface area contributed by atoms with Crippen molar-refractivity contribution in [1.82, 2.24) is 0 Å². The van der Waals surface area contributed by atoms with Gasteiger partial charge < -0.3 is 10.2 Å². The Bertz CT molecular complexity index is 284. The summed E-state index contributed by atoms with van der Waals surface area (Å²) in [7, 11) is 0. The van der Waals surface area contributed by atoms with Crippen LogP contribution >= 0.6 is 11.8 Å². The Balaban J connectivity index is 2.26. The summed E-state index contributed by atoms with van der Waals surface area (Å²) in [6.45, 7) is 4.14. The normalized spacial score (nSPS) is 37.3. The largest absolute Gasteiger partial charge is 0.481 e. The van der Waals surface area contributed by atoms with E-state index in [2.05, 4.69) is 13.8 Å². The molecule has 1 aliphatic carbocycles. The van der Waals surface area contributed by atoms with Gasteiger partial charge >= 0.3 is 5.97 Å². The van der Waals surface area contributed by atoms with Crippen molar-refractivity contribution in [3.05, 3.63) is 0 Å². The van der Waals surface area contributed by atoms with Gasteiger partial charge in [-0.25, -0.2) is 0 Å². The Morgan fingerprint density at radius 1 is 1.33 bits per heavy atom. The highest BCUT2D eigenvalue weighted by molar-refractivity contribution is 7.99. The third-order valence-corrected chi connectivity index (χ3v) is 5.04. The topological polar surface area (TPSA) is 57.5 Å². The van der Waals surface area contributed by atoms with E-state index in [1.165, 1.54) is 0 Å². The third-order valence-electron chi connectivity index (χ3n) is 3.86. The first-order chi connectivity index (χ1) is 6.81. The molecule has 86 valence electrons. The van der Waals surface area contributed by atoms with Crippen LogP contribution in [0.15, 0.2) is 0 Å². The van der Waals surface area contributed by atoms with Crippen molar-refractivity contribution in [3.8, 4) is 0 Å². The van der Waals surface area contributed by atoms with Crippen molar-refractivity contribution in [2.45, 2.75) is 38.7 Å². The molecular formula is C11H18O3S. The van der Waals surface area contributed by atoms with E-state index >= 15 is 0 Å². The van der Waals surface area contributed by atoms with Crippen LogP contribution in [0.1, 0.15) is 33.1 Å². The van der Waals surface area contributed by atoms with Crippen LogP contribution in [0.3, 0.4) is 0 Å². The van der Waals surface area contributed by atoms with Crippen LogP contribution in [0, 0.1) is 10.8 Å². The molecule has 2 aliphatic rings. The lowest BCUT2D eigenvalue weighted by molar-refractivity contribution is -0.199. The third kappa shape index (κ3) is 1.49. The highest BCUT2D eigenvalue weighted by atomic mass is 32.2. The first kappa shape index (κ1) is 11.3. The molecule has 0 aromatic carbocycles. The molecule has 0 radical (unpaired) electrons. The van der Waals surface area contributed by atoms with Gasteiger partial charge in [0.1, 0.15) is 0 Å². The zero-order valence-corrected chi connectivity index (χ0v) is 10.1. The summed E-state index contributed by atoms with van der Waals surface area (Å²) in [6.07, 6.45) is 1.83. The minimum absolute atomic E-state index is 0.0708. The molecule has 1 atom stereocenters. The molecule has 1 unspecified atom stereocenters. The van der Waals surface area contributed by atoms with Crippen LogP contribution in [0.5, 0.6) is 0 Å². The van der Waals surface area contributed by atoms with Crippen LogP contribution < -0.4 is 0 Å². The number of carbonyl (C=O) groups is 1. The van der Waals surface area contributed by atoms with Crippen molar-refractivity contribution < 1.29 is 15.0 Å². The molecule has 0 amide bonds. The Hall–Kier alpha value is -0.220. The van der Waals surface area contributed by atoms with Crippen molar-refractivity contribution >= 4 is 17.7 Å². The average Bonchev–Trinajstić information content (AvgIpc) is 2.48. The number of hydrogen-bond donors (Lipinski definition) is 2. The van der Waals surface area contributed by atoms with Gasteiger partial charge in [-0.1, -0.05) is 13.8 Å². The van der Waals surface area contributed by atoms with Gasteiger partial charge in [0.15, 0.2) is 0 Å². The van der Waals surface area contributed by atoms with E-state index in [1.807, 2.05) is 0 Å². The summed E-state index contributed by atoms with van der Waals surface area (Å²) < 4.78 is 0. The predicted octanol–water partition coefficient (Wildman–Crippen LogP) is 1.75. The van der Waals surface area contributed by atoms with Crippen molar-refractivity contribution in [2.24, 2.45) is 10.8 Å². The summed E-state index contributed by atoms with van der Waals surface area (Å²) >= 11 is 1.66. The summed E-state index contributed by atoms with van der Waals surface area (Å²) in [5, 5.41) is 19.8. The van der Waals surface area contributed by atoms with Crippen LogP contribution in [0.2, 0.25) is 0 Å². The number of aliphatic hydroxyl groups is 1. The number of aliphatic carboxylic acids is 1. The van der Waals surface area contributed by atoms with Crippen LogP contribution in [0.25, 0.3) is 0 Å². The van der Waals surface area contributed by atoms with Gasteiger partial charge in [0, 0.05) is 5.75 Å². The first-order valence-corrected chi connectivity index (χ1v) is 6.50. The van der Waals surface area contributed by atoms with E-state index in [0.29, 0.717) is 25.0 Å². The lowest BCUT2D eigenvalue weighted by Gasteiger charge is -2.56. The van der Waals surface area contributed by atoms with Gasteiger partial charge in [-0.2, -0.15) is 11.8 Å². The molecule has 2 N–H and O–H groups in total. The minimum Gasteiger partial charge on any atom is -0.481 e. The number of carboxylic acids is 1. The molecule has 0 aromatic rings. The minimum atomic E-state index is -0.973. The van der Waals surface area contributed by atoms with Gasteiger partial charge in [-0.15, -0.1) is 0 Å². The molecule has 1 saturated heterocycles. The zero-order valence-electron chi connectivity index (χ0n) is 9.25. The van der Waals surface area contributed by atoms with Crippen LogP contribution in [-0.4, -0.2) is 33.3 Å². The molecular weight excluding hydrogens is 212 g/mol.